The molecule has 0 unspecified atom stereocenters. The molecule has 1 fully saturated rings. The number of allylic oxidation sites excluding steroid dienone is 1. The van der Waals surface area contributed by atoms with Crippen molar-refractivity contribution >= 4 is 56.4 Å². The van der Waals surface area contributed by atoms with E-state index in [4.69, 9.17) is 21.3 Å². The lowest BCUT2D eigenvalue weighted by atomic mass is 10.2. The van der Waals surface area contributed by atoms with Gasteiger partial charge in [0, 0.05) is 54.2 Å². The molecule has 0 radical (unpaired) electrons. The van der Waals surface area contributed by atoms with Crippen LogP contribution in [0.15, 0.2) is 47.2 Å². The lowest BCUT2D eigenvalue weighted by Gasteiger charge is -2.29. The Bertz CT molecular complexity index is 953. The smallest absolute Gasteiger partial charge is 0.163 e. The van der Waals surface area contributed by atoms with E-state index in [9.17, 15) is 0 Å². The molecular weight excluding hydrogens is 489 g/mol. The van der Waals surface area contributed by atoms with Crippen molar-refractivity contribution in [1.29, 1.82) is 0 Å². The molecule has 3 heterocycles. The van der Waals surface area contributed by atoms with Crippen molar-refractivity contribution in [3.63, 3.8) is 0 Å². The molecule has 2 aliphatic heterocycles. The fourth-order valence-electron chi connectivity index (χ4n) is 3.12. The Labute approximate surface area is 179 Å². The number of nitrogens with one attached hydrogen (secondary N) is 2. The second kappa shape index (κ2) is 9.30. The molecule has 1 saturated heterocycles. The van der Waals surface area contributed by atoms with Crippen LogP contribution in [0.5, 0.6) is 0 Å². The molecule has 0 atom stereocenters. The van der Waals surface area contributed by atoms with Gasteiger partial charge in [-0.2, -0.15) is 0 Å². The van der Waals surface area contributed by atoms with E-state index in [1.165, 1.54) is 7.48 Å². The highest BCUT2D eigenvalue weighted by molar-refractivity contribution is 14.2. The Kier molecular flexibility index (Phi) is 6.56. The molecule has 0 saturated carbocycles. The summed E-state index contributed by atoms with van der Waals surface area (Å²) >= 11 is 5.79. The lowest BCUT2D eigenvalue weighted by Crippen LogP contribution is -2.40. The van der Waals surface area contributed by atoms with Crippen molar-refractivity contribution in [1.82, 2.24) is 15.2 Å². The number of halogens is 2. The maximum Gasteiger partial charge on any atom is 0.163 e. The third kappa shape index (κ3) is 4.89. The van der Waals surface area contributed by atoms with Gasteiger partial charge in [0.15, 0.2) is 3.84 Å². The molecule has 0 spiro atoms. The van der Waals surface area contributed by atoms with Crippen molar-refractivity contribution in [2.24, 2.45) is 4.99 Å². The molecule has 1 aromatic heterocycles. The van der Waals surface area contributed by atoms with Crippen molar-refractivity contribution < 1.29 is 4.74 Å². The third-order valence-electron chi connectivity index (χ3n) is 4.50. The Balaban J connectivity index is 1.35. The van der Waals surface area contributed by atoms with Crippen LogP contribution in [-0.4, -0.2) is 56.8 Å². The zero-order valence-corrected chi connectivity index (χ0v) is 18.6. The predicted molar refractivity (Wildman–Crippen MR) is 126 cm³/mol. The van der Waals surface area contributed by atoms with Gasteiger partial charge in [-0.25, -0.2) is 4.99 Å². The van der Waals surface area contributed by atoms with Gasteiger partial charge in [-0.15, -0.1) is 0 Å². The highest BCUT2D eigenvalue weighted by Crippen LogP contribution is 2.24. The van der Waals surface area contributed by atoms with Crippen LogP contribution in [0.4, 0.5) is 5.69 Å². The SMILES string of the molecule is CC1=CC(NCCNc2ccnc3cc(Cl)ccc23)=IC(N2CCOCC2)=N1. The molecule has 28 heavy (non-hydrogen) atoms. The summed E-state index contributed by atoms with van der Waals surface area (Å²) < 4.78 is 8.03. The molecule has 2 N–H and O–H groups in total. The lowest BCUT2D eigenvalue weighted by molar-refractivity contribution is 0.0697. The second-order valence-corrected chi connectivity index (χ2v) is 9.68. The fraction of sp³-hybridized carbons (Fsp3) is 0.350. The number of nitrogens with zero attached hydrogens (tertiary/aromatic N) is 3. The van der Waals surface area contributed by atoms with Gasteiger partial charge < -0.3 is 15.0 Å². The van der Waals surface area contributed by atoms with Crippen LogP contribution >= 0.6 is 32.3 Å². The topological polar surface area (TPSA) is 61.8 Å². The standard InChI is InChI=1S/C20H23ClIN5O/c1-14-12-19(22-20(26-14)27-8-10-28-11-9-27)25-7-6-24-17-4-5-23-18-13-15(21)2-3-16(17)18/h2-5,12-13,25H,6-11H2,1H3,(H,23,24). The first-order chi connectivity index (χ1) is 13.7. The van der Waals surface area contributed by atoms with Crippen molar-refractivity contribution in [3.05, 3.63) is 47.3 Å². The van der Waals surface area contributed by atoms with Crippen LogP contribution in [0.3, 0.4) is 0 Å². The maximum absolute atomic E-state index is 6.07. The molecular formula is C20H23ClIN5O. The number of hydrogen-bond donors (Lipinski definition) is 2. The van der Waals surface area contributed by atoms with Gasteiger partial charge >= 0.3 is 0 Å². The molecule has 0 amide bonds. The van der Waals surface area contributed by atoms with E-state index < -0.39 is 0 Å². The van der Waals surface area contributed by atoms with Gasteiger partial charge in [0.2, 0.25) is 0 Å². The van der Waals surface area contributed by atoms with Crippen molar-refractivity contribution in [3.8, 4) is 0 Å². The van der Waals surface area contributed by atoms with Crippen LogP contribution in [0, 0.1) is 0 Å². The Morgan fingerprint density at radius 2 is 2.00 bits per heavy atom. The maximum atomic E-state index is 6.07. The normalized spacial score (nSPS) is 17.5. The highest BCUT2D eigenvalue weighted by Gasteiger charge is 2.17. The monoisotopic (exact) mass is 511 g/mol. The first-order valence-electron chi connectivity index (χ1n) is 9.32. The number of aliphatic imine (C=N–C) groups is 1. The highest BCUT2D eigenvalue weighted by atomic mass is 127. The second-order valence-electron chi connectivity index (χ2n) is 6.58. The van der Waals surface area contributed by atoms with Crippen LogP contribution in [0.2, 0.25) is 5.02 Å². The number of benzene rings is 1. The Morgan fingerprint density at radius 1 is 1.18 bits per heavy atom. The quantitative estimate of drug-likeness (QED) is 0.365. The van der Waals surface area contributed by atoms with Crippen LogP contribution in [-0.2, 0) is 4.74 Å². The molecule has 4 rings (SSSR count). The van der Waals surface area contributed by atoms with E-state index in [1.807, 2.05) is 30.5 Å². The van der Waals surface area contributed by atoms with Gasteiger partial charge in [-0.1, -0.05) is 11.6 Å². The average molecular weight is 512 g/mol. The number of rotatable bonds is 5. The molecule has 6 nitrogen and oxygen atoms in total. The first-order valence-corrected chi connectivity index (χ1v) is 11.9. The number of fused-ring (bicyclic) bond motifs is 1. The number of amidine groups is 1. The average Bonchev–Trinajstić information content (AvgIpc) is 2.71. The van der Waals surface area contributed by atoms with Gasteiger partial charge in [0.25, 0.3) is 0 Å². The predicted octanol–water partition coefficient (Wildman–Crippen LogP) is 3.60. The van der Waals surface area contributed by atoms with Gasteiger partial charge in [-0.3, -0.25) is 10.3 Å². The zero-order valence-electron chi connectivity index (χ0n) is 15.7. The number of aromatic nitrogens is 1. The third-order valence-corrected chi connectivity index (χ3v) is 7.42. The number of anilines is 1. The number of hydrogen-bond acceptors (Lipinski definition) is 6. The van der Waals surface area contributed by atoms with Crippen molar-refractivity contribution in [2.75, 3.05) is 44.7 Å². The molecule has 8 heteroatoms. The first kappa shape index (κ1) is 19.8. The van der Waals surface area contributed by atoms with Crippen LogP contribution < -0.4 is 10.6 Å². The largest absolute Gasteiger partial charge is 0.383 e. The fourth-order valence-corrected chi connectivity index (χ4v) is 6.20. The summed E-state index contributed by atoms with van der Waals surface area (Å²) in [4.78, 5) is 11.5. The molecule has 0 aliphatic carbocycles. The number of morpholine rings is 1. The molecule has 0 bridgehead atoms. The Morgan fingerprint density at radius 3 is 2.86 bits per heavy atom. The summed E-state index contributed by atoms with van der Waals surface area (Å²) in [7, 11) is 0. The van der Waals surface area contributed by atoms with E-state index in [-0.39, 0.29) is 20.7 Å². The molecule has 2 aliphatic rings. The molecule has 148 valence electrons. The summed E-state index contributed by atoms with van der Waals surface area (Å²) in [6.45, 7) is 7.22. The van der Waals surface area contributed by atoms with E-state index >= 15 is 0 Å². The minimum absolute atomic E-state index is 0.278. The van der Waals surface area contributed by atoms with E-state index in [2.05, 4.69) is 33.5 Å². The van der Waals surface area contributed by atoms with Crippen LogP contribution in [0.1, 0.15) is 6.92 Å². The summed E-state index contributed by atoms with van der Waals surface area (Å²) in [5.74, 6) is 0. The van der Waals surface area contributed by atoms with Gasteiger partial charge in [0.05, 0.1) is 22.4 Å². The minimum Gasteiger partial charge on any atom is -0.383 e. The van der Waals surface area contributed by atoms with Gasteiger partial charge in [-0.05, 0) is 58.0 Å². The van der Waals surface area contributed by atoms with Crippen molar-refractivity contribution in [2.45, 2.75) is 6.92 Å². The number of ether oxygens (including phenoxy) is 1. The Hall–Kier alpha value is -1.55. The zero-order chi connectivity index (χ0) is 19.3. The summed E-state index contributed by atoms with van der Waals surface area (Å²) in [5.41, 5.74) is 3.05. The van der Waals surface area contributed by atoms with Crippen LogP contribution in [0.25, 0.3) is 10.9 Å². The molecule has 2 aromatic rings. The summed E-state index contributed by atoms with van der Waals surface area (Å²) in [5, 5.41) is 8.90. The van der Waals surface area contributed by atoms with E-state index in [0.717, 1.165) is 61.7 Å². The summed E-state index contributed by atoms with van der Waals surface area (Å²) in [6, 6.07) is 7.81. The number of pyridine rings is 1. The molecule has 1 aromatic carbocycles. The minimum atomic E-state index is -0.278. The summed E-state index contributed by atoms with van der Waals surface area (Å²) in [6.07, 6.45) is 3.99. The van der Waals surface area contributed by atoms with E-state index in [1.54, 1.807) is 0 Å². The van der Waals surface area contributed by atoms with E-state index in [0.29, 0.717) is 5.02 Å². The van der Waals surface area contributed by atoms with Gasteiger partial charge in [0.1, 0.15) is 0 Å².